The van der Waals surface area contributed by atoms with Crippen LogP contribution in [0.1, 0.15) is 22.9 Å². The number of hydrogen-bond donors (Lipinski definition) is 0. The van der Waals surface area contributed by atoms with Crippen molar-refractivity contribution in [1.29, 1.82) is 0 Å². The van der Waals surface area contributed by atoms with Gasteiger partial charge in [-0.3, -0.25) is 0 Å². The SMILES string of the molecule is CS(=O)(=O)c1ccc(-c2noc(C3Cc4ccc(F)cc43)n2)cc1. The van der Waals surface area contributed by atoms with Gasteiger partial charge >= 0.3 is 0 Å². The van der Waals surface area contributed by atoms with Gasteiger partial charge in [0, 0.05) is 11.8 Å². The number of sulfone groups is 1. The van der Waals surface area contributed by atoms with Gasteiger partial charge in [0.2, 0.25) is 11.7 Å². The minimum Gasteiger partial charge on any atom is -0.338 e. The van der Waals surface area contributed by atoms with Crippen molar-refractivity contribution in [2.75, 3.05) is 6.26 Å². The zero-order valence-electron chi connectivity index (χ0n) is 12.7. The van der Waals surface area contributed by atoms with E-state index in [1.807, 2.05) is 0 Å². The molecule has 0 fully saturated rings. The summed E-state index contributed by atoms with van der Waals surface area (Å²) >= 11 is 0. The molecule has 24 heavy (non-hydrogen) atoms. The summed E-state index contributed by atoms with van der Waals surface area (Å²) in [6.07, 6.45) is 1.89. The van der Waals surface area contributed by atoms with Gasteiger partial charge in [-0.25, -0.2) is 12.8 Å². The van der Waals surface area contributed by atoms with Crippen molar-refractivity contribution in [2.45, 2.75) is 17.2 Å². The first-order chi connectivity index (χ1) is 11.4. The molecule has 0 bridgehead atoms. The summed E-state index contributed by atoms with van der Waals surface area (Å²) < 4.78 is 41.6. The first-order valence-corrected chi connectivity index (χ1v) is 9.23. The minimum absolute atomic E-state index is 0.0905. The van der Waals surface area contributed by atoms with Gasteiger partial charge in [-0.2, -0.15) is 4.98 Å². The Morgan fingerprint density at radius 2 is 1.92 bits per heavy atom. The van der Waals surface area contributed by atoms with Crippen molar-refractivity contribution < 1.29 is 17.3 Å². The summed E-state index contributed by atoms with van der Waals surface area (Å²) in [6, 6.07) is 11.0. The molecule has 7 heteroatoms. The fraction of sp³-hybridized carbons (Fsp3) is 0.176. The third kappa shape index (κ3) is 2.50. The Hall–Kier alpha value is -2.54. The highest BCUT2D eigenvalue weighted by Gasteiger charge is 2.32. The molecule has 1 aliphatic rings. The second-order valence-electron chi connectivity index (χ2n) is 5.85. The van der Waals surface area contributed by atoms with E-state index in [0.717, 1.165) is 23.8 Å². The lowest BCUT2D eigenvalue weighted by atomic mass is 9.77. The van der Waals surface area contributed by atoms with Crippen LogP contribution < -0.4 is 0 Å². The zero-order valence-corrected chi connectivity index (χ0v) is 13.5. The number of halogens is 1. The van der Waals surface area contributed by atoms with Crippen LogP contribution in [0.5, 0.6) is 0 Å². The molecule has 122 valence electrons. The number of aromatic nitrogens is 2. The molecular formula is C17H13FN2O3S. The molecule has 0 radical (unpaired) electrons. The molecule has 1 unspecified atom stereocenters. The fourth-order valence-electron chi connectivity index (χ4n) is 2.84. The highest BCUT2D eigenvalue weighted by atomic mass is 32.2. The normalized spacial score (nSPS) is 16.5. The van der Waals surface area contributed by atoms with Crippen molar-refractivity contribution in [3.05, 3.63) is 65.3 Å². The van der Waals surface area contributed by atoms with E-state index in [1.165, 1.54) is 24.3 Å². The van der Waals surface area contributed by atoms with Crippen molar-refractivity contribution in [3.63, 3.8) is 0 Å². The van der Waals surface area contributed by atoms with E-state index < -0.39 is 9.84 Å². The fourth-order valence-corrected chi connectivity index (χ4v) is 3.47. The Bertz CT molecular complexity index is 1030. The van der Waals surface area contributed by atoms with Crippen LogP contribution in [0.3, 0.4) is 0 Å². The van der Waals surface area contributed by atoms with E-state index >= 15 is 0 Å². The average Bonchev–Trinajstić information content (AvgIpc) is 2.99. The Labute approximate surface area is 138 Å². The molecule has 4 rings (SSSR count). The molecule has 2 aromatic carbocycles. The number of rotatable bonds is 3. The largest absolute Gasteiger partial charge is 0.338 e. The monoisotopic (exact) mass is 344 g/mol. The van der Waals surface area contributed by atoms with E-state index in [9.17, 15) is 12.8 Å². The minimum atomic E-state index is -3.24. The number of benzene rings is 2. The lowest BCUT2D eigenvalue weighted by molar-refractivity contribution is 0.356. The van der Waals surface area contributed by atoms with Crippen LogP contribution in [0.15, 0.2) is 51.9 Å². The molecule has 0 N–H and O–H groups in total. The summed E-state index contributed by atoms with van der Waals surface area (Å²) in [5.74, 6) is 0.451. The van der Waals surface area contributed by atoms with E-state index in [-0.39, 0.29) is 16.6 Å². The quantitative estimate of drug-likeness (QED) is 0.730. The van der Waals surface area contributed by atoms with Gasteiger partial charge in [0.15, 0.2) is 9.84 Å². The first kappa shape index (κ1) is 15.0. The number of hydrogen-bond acceptors (Lipinski definition) is 5. The summed E-state index contributed by atoms with van der Waals surface area (Å²) in [6.45, 7) is 0. The topological polar surface area (TPSA) is 73.1 Å². The molecule has 1 aromatic heterocycles. The van der Waals surface area contributed by atoms with Crippen molar-refractivity contribution in [2.24, 2.45) is 0 Å². The number of fused-ring (bicyclic) bond motifs is 1. The maximum Gasteiger partial charge on any atom is 0.234 e. The molecule has 0 aliphatic heterocycles. The van der Waals surface area contributed by atoms with Gasteiger partial charge in [-0.15, -0.1) is 0 Å². The zero-order chi connectivity index (χ0) is 16.9. The molecule has 1 heterocycles. The highest BCUT2D eigenvalue weighted by molar-refractivity contribution is 7.90. The summed E-state index contributed by atoms with van der Waals surface area (Å²) in [5.41, 5.74) is 2.62. The Balaban J connectivity index is 1.62. The number of nitrogens with zero attached hydrogens (tertiary/aromatic N) is 2. The van der Waals surface area contributed by atoms with Gasteiger partial charge in [0.05, 0.1) is 10.8 Å². The molecule has 3 aromatic rings. The van der Waals surface area contributed by atoms with Crippen LogP contribution in [0, 0.1) is 5.82 Å². The van der Waals surface area contributed by atoms with Crippen molar-refractivity contribution in [3.8, 4) is 11.4 Å². The summed E-state index contributed by atoms with van der Waals surface area (Å²) in [7, 11) is -3.24. The van der Waals surface area contributed by atoms with Gasteiger partial charge in [0.1, 0.15) is 5.82 Å². The van der Waals surface area contributed by atoms with E-state index in [1.54, 1.807) is 18.2 Å². The van der Waals surface area contributed by atoms with Crippen molar-refractivity contribution in [1.82, 2.24) is 10.1 Å². The average molecular weight is 344 g/mol. The highest BCUT2D eigenvalue weighted by Crippen LogP contribution is 2.40. The van der Waals surface area contributed by atoms with Gasteiger partial charge in [-0.1, -0.05) is 11.2 Å². The van der Waals surface area contributed by atoms with Crippen LogP contribution in [0.25, 0.3) is 11.4 Å². The molecule has 0 amide bonds. The lowest BCUT2D eigenvalue weighted by Gasteiger charge is -2.26. The predicted molar refractivity (Wildman–Crippen MR) is 84.8 cm³/mol. The maximum atomic E-state index is 13.4. The van der Waals surface area contributed by atoms with Crippen molar-refractivity contribution >= 4 is 9.84 Å². The van der Waals surface area contributed by atoms with E-state index in [2.05, 4.69) is 10.1 Å². The van der Waals surface area contributed by atoms with E-state index in [0.29, 0.717) is 17.3 Å². The molecule has 0 saturated heterocycles. The standard InChI is InChI=1S/C17H13FN2O3S/c1-24(21,22)13-6-3-10(4-7-13)16-19-17(23-20-16)15-8-11-2-5-12(18)9-14(11)15/h2-7,9,15H,8H2,1H3. The van der Waals surface area contributed by atoms with Gasteiger partial charge < -0.3 is 4.52 Å². The molecule has 5 nitrogen and oxygen atoms in total. The third-order valence-electron chi connectivity index (χ3n) is 4.19. The molecular weight excluding hydrogens is 331 g/mol. The second kappa shape index (κ2) is 5.24. The molecule has 1 atom stereocenters. The Morgan fingerprint density at radius 3 is 2.62 bits per heavy atom. The van der Waals surface area contributed by atoms with Gasteiger partial charge in [0.25, 0.3) is 0 Å². The summed E-state index contributed by atoms with van der Waals surface area (Å²) in [5, 5.41) is 3.95. The molecule has 0 spiro atoms. The van der Waals surface area contributed by atoms with E-state index in [4.69, 9.17) is 4.52 Å². The predicted octanol–water partition coefficient (Wildman–Crippen LogP) is 2.97. The second-order valence-corrected chi connectivity index (χ2v) is 7.87. The Kier molecular flexibility index (Phi) is 3.28. The van der Waals surface area contributed by atoms with Crippen LogP contribution in [0.4, 0.5) is 4.39 Å². The first-order valence-electron chi connectivity index (χ1n) is 7.34. The summed E-state index contributed by atoms with van der Waals surface area (Å²) in [4.78, 5) is 4.61. The maximum absolute atomic E-state index is 13.4. The van der Waals surface area contributed by atoms with Gasteiger partial charge in [-0.05, 0) is 53.9 Å². The Morgan fingerprint density at radius 1 is 1.17 bits per heavy atom. The molecule has 1 aliphatic carbocycles. The third-order valence-corrected chi connectivity index (χ3v) is 5.32. The van der Waals surface area contributed by atoms with Crippen LogP contribution in [-0.2, 0) is 16.3 Å². The van der Waals surface area contributed by atoms with Crippen LogP contribution in [-0.4, -0.2) is 24.8 Å². The lowest BCUT2D eigenvalue weighted by Crippen LogP contribution is -2.18. The molecule has 0 saturated carbocycles. The smallest absolute Gasteiger partial charge is 0.234 e. The van der Waals surface area contributed by atoms with Crippen LogP contribution >= 0.6 is 0 Å². The van der Waals surface area contributed by atoms with Crippen LogP contribution in [0.2, 0.25) is 0 Å².